The van der Waals surface area contributed by atoms with Crippen LogP contribution in [0.5, 0.6) is 0 Å². The minimum atomic E-state index is -0.388. The van der Waals surface area contributed by atoms with Gasteiger partial charge in [0.05, 0.1) is 12.1 Å². The van der Waals surface area contributed by atoms with Gasteiger partial charge in [-0.05, 0) is 19.9 Å². The molecule has 0 spiro atoms. The number of para-hydroxylation sites is 1. The van der Waals surface area contributed by atoms with Gasteiger partial charge in [0, 0.05) is 11.9 Å². The number of carbonyl (C=O) groups is 1. The molecule has 0 radical (unpaired) electrons. The molecular weight excluding hydrogens is 324 g/mol. The van der Waals surface area contributed by atoms with E-state index < -0.39 is 0 Å². The summed E-state index contributed by atoms with van der Waals surface area (Å²) < 4.78 is 7.07. The normalized spacial score (nSPS) is 12.4. The molecule has 0 aliphatic heterocycles. The van der Waals surface area contributed by atoms with Gasteiger partial charge in [0.2, 0.25) is 5.16 Å². The lowest BCUT2D eigenvalue weighted by Crippen LogP contribution is -2.17. The largest absolute Gasteiger partial charge is 0.465 e. The third-order valence-corrected chi connectivity index (χ3v) is 4.50. The molecule has 6 nitrogen and oxygen atoms in total. The second kappa shape index (κ2) is 7.00. The first-order chi connectivity index (χ1) is 11.7. The van der Waals surface area contributed by atoms with Gasteiger partial charge in [0.1, 0.15) is 10.8 Å². The molecule has 2 heterocycles. The van der Waals surface area contributed by atoms with Crippen molar-refractivity contribution in [3.8, 4) is 0 Å². The van der Waals surface area contributed by atoms with Gasteiger partial charge < -0.3 is 9.30 Å². The Morgan fingerprint density at radius 1 is 1.42 bits per heavy atom. The van der Waals surface area contributed by atoms with Crippen molar-refractivity contribution in [1.29, 1.82) is 0 Å². The number of nitrogens with zero attached hydrogens (tertiary/aromatic N) is 4. The Morgan fingerprint density at radius 3 is 2.96 bits per heavy atom. The molecule has 2 aromatic heterocycles. The molecule has 1 aromatic carbocycles. The van der Waals surface area contributed by atoms with Crippen molar-refractivity contribution >= 4 is 39.8 Å². The van der Waals surface area contributed by atoms with E-state index in [1.807, 2.05) is 34.9 Å². The second-order valence-corrected chi connectivity index (χ2v) is 6.50. The molecule has 0 aliphatic carbocycles. The van der Waals surface area contributed by atoms with E-state index in [0.717, 1.165) is 22.1 Å². The highest BCUT2D eigenvalue weighted by Gasteiger charge is 2.19. The molecule has 0 aliphatic rings. The Balaban J connectivity index is 2.04. The van der Waals surface area contributed by atoms with Crippen LogP contribution in [0.15, 0.2) is 42.1 Å². The molecule has 3 rings (SSSR count). The van der Waals surface area contributed by atoms with E-state index in [1.165, 1.54) is 11.8 Å². The summed E-state index contributed by atoms with van der Waals surface area (Å²) >= 11 is 1.24. The van der Waals surface area contributed by atoms with Gasteiger partial charge in [-0.2, -0.15) is 0 Å². The van der Waals surface area contributed by atoms with E-state index in [1.54, 1.807) is 13.8 Å². The Morgan fingerprint density at radius 2 is 2.21 bits per heavy atom. The molecule has 1 unspecified atom stereocenters. The van der Waals surface area contributed by atoms with Crippen LogP contribution in [0.4, 0.5) is 0 Å². The first kappa shape index (κ1) is 16.4. The zero-order chi connectivity index (χ0) is 17.1. The quantitative estimate of drug-likeness (QED) is 0.389. The van der Waals surface area contributed by atoms with Gasteiger partial charge in [-0.1, -0.05) is 36.0 Å². The highest BCUT2D eigenvalue weighted by Crippen LogP contribution is 2.28. The lowest BCUT2D eigenvalue weighted by Gasteiger charge is -2.08. The highest BCUT2D eigenvalue weighted by molar-refractivity contribution is 8.00. The van der Waals surface area contributed by atoms with Gasteiger partial charge in [-0.15, -0.1) is 16.8 Å². The number of rotatable bonds is 6. The summed E-state index contributed by atoms with van der Waals surface area (Å²) in [5.74, 6) is -0.280. The number of fused-ring (bicyclic) bond motifs is 3. The number of esters is 1. The zero-order valence-electron chi connectivity index (χ0n) is 13.6. The van der Waals surface area contributed by atoms with E-state index in [4.69, 9.17) is 4.74 Å². The fraction of sp³-hybridized carbons (Fsp3) is 0.294. The van der Waals surface area contributed by atoms with Crippen LogP contribution in [0.2, 0.25) is 0 Å². The number of carbonyl (C=O) groups excluding carboxylic acids is 1. The number of hydrogen-bond acceptors (Lipinski definition) is 6. The highest BCUT2D eigenvalue weighted by atomic mass is 32.2. The van der Waals surface area contributed by atoms with Crippen LogP contribution in [-0.4, -0.2) is 37.6 Å². The topological polar surface area (TPSA) is 69.9 Å². The number of ether oxygens (including phenoxy) is 1. The fourth-order valence-electron chi connectivity index (χ4n) is 2.52. The molecule has 0 saturated carbocycles. The number of allylic oxidation sites excluding steroid dienone is 1. The maximum Gasteiger partial charge on any atom is 0.319 e. The number of benzene rings is 1. The van der Waals surface area contributed by atoms with Gasteiger partial charge in [0.15, 0.2) is 5.65 Å². The Hall–Kier alpha value is -2.41. The van der Waals surface area contributed by atoms with Crippen LogP contribution >= 0.6 is 11.8 Å². The monoisotopic (exact) mass is 342 g/mol. The van der Waals surface area contributed by atoms with Crippen molar-refractivity contribution in [1.82, 2.24) is 19.7 Å². The average molecular weight is 342 g/mol. The van der Waals surface area contributed by atoms with Crippen LogP contribution in [0.3, 0.4) is 0 Å². The van der Waals surface area contributed by atoms with Crippen molar-refractivity contribution in [2.24, 2.45) is 0 Å². The first-order valence-corrected chi connectivity index (χ1v) is 8.59. The van der Waals surface area contributed by atoms with Crippen molar-refractivity contribution in [2.75, 3.05) is 6.61 Å². The Labute approximate surface area is 143 Å². The third-order valence-electron chi connectivity index (χ3n) is 3.57. The third kappa shape index (κ3) is 2.99. The van der Waals surface area contributed by atoms with E-state index in [2.05, 4.69) is 21.8 Å². The Bertz CT molecular complexity index is 906. The molecule has 0 saturated heterocycles. The van der Waals surface area contributed by atoms with E-state index in [0.29, 0.717) is 18.3 Å². The van der Waals surface area contributed by atoms with Crippen molar-refractivity contribution in [3.05, 3.63) is 36.9 Å². The van der Waals surface area contributed by atoms with Crippen LogP contribution in [-0.2, 0) is 16.1 Å². The predicted molar refractivity (Wildman–Crippen MR) is 95.0 cm³/mol. The molecular formula is C17H18N4O2S. The molecule has 0 N–H and O–H groups in total. The minimum Gasteiger partial charge on any atom is -0.465 e. The SMILES string of the molecule is C=CCn1c2ccccc2c2nnc(SC(C)C(=O)OCC)nc21. The number of thioether (sulfide) groups is 1. The Kier molecular flexibility index (Phi) is 4.80. The van der Waals surface area contributed by atoms with Gasteiger partial charge in [-0.3, -0.25) is 4.79 Å². The first-order valence-electron chi connectivity index (χ1n) is 7.71. The second-order valence-electron chi connectivity index (χ2n) is 5.20. The van der Waals surface area contributed by atoms with Crippen molar-refractivity contribution < 1.29 is 9.53 Å². The minimum absolute atomic E-state index is 0.280. The lowest BCUT2D eigenvalue weighted by atomic mass is 10.2. The molecule has 0 fully saturated rings. The molecule has 0 amide bonds. The average Bonchev–Trinajstić information content (AvgIpc) is 2.89. The standard InChI is InChI=1S/C17H18N4O2S/c1-4-10-21-13-9-7-6-8-12(13)14-15(21)18-17(20-19-14)24-11(3)16(22)23-5-2/h4,6-9,11H,1,5,10H2,2-3H3. The van der Waals surface area contributed by atoms with Crippen molar-refractivity contribution in [2.45, 2.75) is 30.8 Å². The maximum absolute atomic E-state index is 11.8. The molecule has 7 heteroatoms. The molecule has 1 atom stereocenters. The van der Waals surface area contributed by atoms with Crippen LogP contribution in [0.25, 0.3) is 22.1 Å². The van der Waals surface area contributed by atoms with E-state index in [9.17, 15) is 4.79 Å². The van der Waals surface area contributed by atoms with Gasteiger partial charge in [-0.25, -0.2) is 4.98 Å². The molecule has 0 bridgehead atoms. The number of hydrogen-bond donors (Lipinski definition) is 0. The summed E-state index contributed by atoms with van der Waals surface area (Å²) in [5.41, 5.74) is 2.53. The maximum atomic E-state index is 11.8. The predicted octanol–water partition coefficient (Wildman–Crippen LogP) is 3.21. The van der Waals surface area contributed by atoms with Gasteiger partial charge >= 0.3 is 5.97 Å². The fourth-order valence-corrected chi connectivity index (χ4v) is 3.23. The molecule has 3 aromatic rings. The molecule has 124 valence electrons. The zero-order valence-corrected chi connectivity index (χ0v) is 14.4. The lowest BCUT2D eigenvalue weighted by molar-refractivity contribution is -0.142. The van der Waals surface area contributed by atoms with Crippen LogP contribution in [0.1, 0.15) is 13.8 Å². The van der Waals surface area contributed by atoms with Gasteiger partial charge in [0.25, 0.3) is 0 Å². The van der Waals surface area contributed by atoms with E-state index in [-0.39, 0.29) is 11.2 Å². The smallest absolute Gasteiger partial charge is 0.319 e. The van der Waals surface area contributed by atoms with Crippen molar-refractivity contribution in [3.63, 3.8) is 0 Å². The summed E-state index contributed by atoms with van der Waals surface area (Å²) in [6.45, 7) is 8.35. The van der Waals surface area contributed by atoms with E-state index >= 15 is 0 Å². The molecule has 24 heavy (non-hydrogen) atoms. The summed E-state index contributed by atoms with van der Waals surface area (Å²) in [6, 6.07) is 7.97. The summed E-state index contributed by atoms with van der Waals surface area (Å²) in [4.78, 5) is 16.4. The summed E-state index contributed by atoms with van der Waals surface area (Å²) in [6.07, 6.45) is 1.82. The summed E-state index contributed by atoms with van der Waals surface area (Å²) in [7, 11) is 0. The van der Waals surface area contributed by atoms with Crippen LogP contribution < -0.4 is 0 Å². The van der Waals surface area contributed by atoms with Crippen LogP contribution in [0, 0.1) is 0 Å². The summed E-state index contributed by atoms with van der Waals surface area (Å²) in [5, 5.41) is 9.57. The number of aromatic nitrogens is 4.